The molecule has 1 aliphatic heterocycles. The van der Waals surface area contributed by atoms with Gasteiger partial charge >= 0.3 is 6.36 Å². The third kappa shape index (κ3) is 7.08. The Morgan fingerprint density at radius 2 is 1.90 bits per heavy atom. The smallest absolute Gasteiger partial charge is 0.406 e. The van der Waals surface area contributed by atoms with Crippen molar-refractivity contribution in [2.45, 2.75) is 82.9 Å². The van der Waals surface area contributed by atoms with Crippen LogP contribution >= 0.6 is 0 Å². The molecule has 1 aliphatic carbocycles. The second-order valence-electron chi connectivity index (χ2n) is 10.0. The molecule has 2 aromatic rings. The van der Waals surface area contributed by atoms with Gasteiger partial charge in [0, 0.05) is 19.4 Å². The molecule has 0 unspecified atom stereocenters. The van der Waals surface area contributed by atoms with Crippen molar-refractivity contribution in [3.05, 3.63) is 65.2 Å². The highest BCUT2D eigenvalue weighted by molar-refractivity contribution is 5.85. The molecule has 0 aromatic heterocycles. The van der Waals surface area contributed by atoms with Gasteiger partial charge in [0.25, 0.3) is 5.91 Å². The van der Waals surface area contributed by atoms with Gasteiger partial charge in [0.15, 0.2) is 11.4 Å². The minimum absolute atomic E-state index is 0.00600. The number of rotatable bonds is 9. The zero-order valence-corrected chi connectivity index (χ0v) is 21.9. The maximum absolute atomic E-state index is 13.5. The van der Waals surface area contributed by atoms with E-state index in [4.69, 9.17) is 18.9 Å². The molecule has 0 bridgehead atoms. The first-order valence-electron chi connectivity index (χ1n) is 12.7. The predicted octanol–water partition coefficient (Wildman–Crippen LogP) is 4.75. The lowest BCUT2D eigenvalue weighted by Gasteiger charge is -2.43. The molecule has 39 heavy (non-hydrogen) atoms. The Hall–Kier alpha value is -3.17. The van der Waals surface area contributed by atoms with E-state index in [0.717, 1.165) is 0 Å². The van der Waals surface area contributed by atoms with E-state index >= 15 is 0 Å². The summed E-state index contributed by atoms with van der Waals surface area (Å²) >= 11 is 0. The molecule has 1 heterocycles. The number of ether oxygens (including phenoxy) is 5. The third-order valence-corrected chi connectivity index (χ3v) is 6.64. The van der Waals surface area contributed by atoms with Crippen LogP contribution in [0.4, 0.5) is 13.2 Å². The summed E-state index contributed by atoms with van der Waals surface area (Å²) in [5, 5.41) is 12.3. The molecule has 0 radical (unpaired) electrons. The molecule has 1 N–H and O–H groups in total. The summed E-state index contributed by atoms with van der Waals surface area (Å²) in [6.45, 7) is 5.63. The first-order valence-corrected chi connectivity index (χ1v) is 12.7. The van der Waals surface area contributed by atoms with Crippen molar-refractivity contribution in [3.8, 4) is 11.8 Å². The number of fused-ring (bicyclic) bond motifs is 1. The zero-order chi connectivity index (χ0) is 28.3. The van der Waals surface area contributed by atoms with Gasteiger partial charge in [-0.05, 0) is 50.1 Å². The Labute approximate surface area is 224 Å². The molecule has 210 valence electrons. The number of hydrogen-bond acceptors (Lipinski definition) is 7. The fourth-order valence-electron chi connectivity index (χ4n) is 5.04. The van der Waals surface area contributed by atoms with Gasteiger partial charge in [-0.3, -0.25) is 4.79 Å². The average Bonchev–Trinajstić information content (AvgIpc) is 3.19. The van der Waals surface area contributed by atoms with Crippen LogP contribution < -0.4 is 10.1 Å². The Balaban J connectivity index is 1.59. The monoisotopic (exact) mass is 548 g/mol. The van der Waals surface area contributed by atoms with E-state index in [9.17, 15) is 23.2 Å². The number of alkyl halides is 3. The third-order valence-electron chi connectivity index (χ3n) is 6.64. The van der Waals surface area contributed by atoms with Crippen LogP contribution in [0.1, 0.15) is 50.3 Å². The van der Waals surface area contributed by atoms with Gasteiger partial charge in [-0.2, -0.15) is 5.26 Å². The second kappa shape index (κ2) is 11.5. The lowest BCUT2D eigenvalue weighted by atomic mass is 9.78. The summed E-state index contributed by atoms with van der Waals surface area (Å²) in [4.78, 5) is 13.5. The topological polar surface area (TPSA) is 99.0 Å². The lowest BCUT2D eigenvalue weighted by molar-refractivity contribution is -0.274. The van der Waals surface area contributed by atoms with Crippen molar-refractivity contribution in [1.29, 1.82) is 5.26 Å². The Bertz CT molecular complexity index is 1210. The normalized spacial score (nSPS) is 25.9. The van der Waals surface area contributed by atoms with Crippen molar-refractivity contribution >= 4 is 5.91 Å². The molecule has 4 rings (SSSR count). The van der Waals surface area contributed by atoms with Gasteiger partial charge in [-0.25, -0.2) is 0 Å². The molecule has 2 aliphatic rings. The highest BCUT2D eigenvalue weighted by atomic mass is 19.4. The standard InChI is InChI=1S/C28H31F3N2O6/c1-4-33-25(34)27(36-17-20-10-6-5-9-19(20)15-32)13-22(24-23(14-27)38-26(2,3)39-24)35-16-18-8-7-11-21(12-18)37-28(29,30)31/h5-12,22-24H,4,13-14,16-17H2,1-3H3,(H,33,34)/t22-,23-,24+,27-/m1/s1. The molecule has 1 saturated carbocycles. The highest BCUT2D eigenvalue weighted by Crippen LogP contribution is 2.44. The number of hydrogen-bond donors (Lipinski definition) is 1. The molecule has 0 spiro atoms. The number of nitrogens with one attached hydrogen (secondary N) is 1. The number of amides is 1. The number of benzene rings is 2. The Morgan fingerprint density at radius 1 is 1.13 bits per heavy atom. The molecular weight excluding hydrogens is 517 g/mol. The molecule has 1 amide bonds. The van der Waals surface area contributed by atoms with Crippen LogP contribution in [0.2, 0.25) is 0 Å². The van der Waals surface area contributed by atoms with Crippen molar-refractivity contribution in [2.75, 3.05) is 6.54 Å². The molecule has 4 atom stereocenters. The summed E-state index contributed by atoms with van der Waals surface area (Å²) in [6, 6.07) is 14.6. The fraction of sp³-hybridized carbons (Fsp3) is 0.500. The summed E-state index contributed by atoms with van der Waals surface area (Å²) in [6.07, 6.45) is -6.29. The van der Waals surface area contributed by atoms with E-state index in [0.29, 0.717) is 23.2 Å². The van der Waals surface area contributed by atoms with Gasteiger partial charge < -0.3 is 29.0 Å². The van der Waals surface area contributed by atoms with Crippen molar-refractivity contribution in [2.24, 2.45) is 0 Å². The minimum Gasteiger partial charge on any atom is -0.406 e. The molecule has 8 nitrogen and oxygen atoms in total. The first-order chi connectivity index (χ1) is 18.4. The minimum atomic E-state index is -4.82. The lowest BCUT2D eigenvalue weighted by Crippen LogP contribution is -2.60. The van der Waals surface area contributed by atoms with Crippen molar-refractivity contribution in [3.63, 3.8) is 0 Å². The first kappa shape index (κ1) is 28.8. The van der Waals surface area contributed by atoms with Gasteiger partial charge in [0.1, 0.15) is 11.9 Å². The van der Waals surface area contributed by atoms with Crippen LogP contribution in [0, 0.1) is 11.3 Å². The number of nitrogens with zero attached hydrogens (tertiary/aromatic N) is 1. The second-order valence-corrected chi connectivity index (χ2v) is 10.0. The van der Waals surface area contributed by atoms with E-state index in [2.05, 4.69) is 16.1 Å². The number of carbonyl (C=O) groups is 1. The van der Waals surface area contributed by atoms with E-state index in [-0.39, 0.29) is 37.7 Å². The van der Waals surface area contributed by atoms with Crippen LogP contribution in [0.3, 0.4) is 0 Å². The van der Waals surface area contributed by atoms with Crippen LogP contribution in [0.5, 0.6) is 5.75 Å². The van der Waals surface area contributed by atoms with Crippen LogP contribution in [0.25, 0.3) is 0 Å². The van der Waals surface area contributed by atoms with E-state index < -0.39 is 36.1 Å². The summed E-state index contributed by atoms with van der Waals surface area (Å²) in [5.74, 6) is -1.65. The number of likely N-dealkylation sites (N-methyl/N-ethyl adjacent to an activating group) is 1. The fourth-order valence-corrected chi connectivity index (χ4v) is 5.04. The van der Waals surface area contributed by atoms with Crippen LogP contribution in [-0.4, -0.2) is 48.5 Å². The molecular formula is C28H31F3N2O6. The summed E-state index contributed by atoms with van der Waals surface area (Å²) < 4.78 is 66.8. The number of halogens is 3. The maximum atomic E-state index is 13.5. The van der Waals surface area contributed by atoms with Gasteiger partial charge in [-0.1, -0.05) is 30.3 Å². The number of nitriles is 1. The SMILES string of the molecule is CCNC(=O)[C@@]1(OCc2ccccc2C#N)C[C@@H](OCc2cccc(OC(F)(F)F)c2)[C@@H]2OC(C)(C)O[C@@H]2C1. The van der Waals surface area contributed by atoms with Crippen molar-refractivity contribution in [1.82, 2.24) is 5.32 Å². The largest absolute Gasteiger partial charge is 0.573 e. The van der Waals surface area contributed by atoms with E-state index in [1.54, 1.807) is 51.1 Å². The molecule has 2 aromatic carbocycles. The molecule has 2 fully saturated rings. The average molecular weight is 549 g/mol. The summed E-state index contributed by atoms with van der Waals surface area (Å²) in [5.41, 5.74) is 0.154. The van der Waals surface area contributed by atoms with Crippen LogP contribution in [0.15, 0.2) is 48.5 Å². The molecule has 11 heteroatoms. The zero-order valence-electron chi connectivity index (χ0n) is 21.9. The Kier molecular flexibility index (Phi) is 8.51. The number of carbonyl (C=O) groups excluding carboxylic acids is 1. The maximum Gasteiger partial charge on any atom is 0.573 e. The van der Waals surface area contributed by atoms with Crippen LogP contribution in [-0.2, 0) is 37.0 Å². The van der Waals surface area contributed by atoms with Gasteiger partial charge in [-0.15, -0.1) is 13.2 Å². The summed E-state index contributed by atoms with van der Waals surface area (Å²) in [7, 11) is 0. The Morgan fingerprint density at radius 3 is 2.62 bits per heavy atom. The van der Waals surface area contributed by atoms with E-state index in [1.807, 2.05) is 0 Å². The quantitative estimate of drug-likeness (QED) is 0.483. The van der Waals surface area contributed by atoms with E-state index in [1.165, 1.54) is 18.2 Å². The highest BCUT2D eigenvalue weighted by Gasteiger charge is 2.58. The van der Waals surface area contributed by atoms with Gasteiger partial charge in [0.05, 0.1) is 37.1 Å². The molecule has 1 saturated heterocycles. The van der Waals surface area contributed by atoms with Gasteiger partial charge in [0.2, 0.25) is 0 Å². The predicted molar refractivity (Wildman–Crippen MR) is 132 cm³/mol. The van der Waals surface area contributed by atoms with Crippen molar-refractivity contribution < 1.29 is 41.7 Å².